The molecule has 6 heteroatoms. The lowest BCUT2D eigenvalue weighted by Gasteiger charge is -2.36. The second-order valence-corrected chi connectivity index (χ2v) is 8.54. The SMILES string of the molecule is COC1CCN(C(C)c2c(C)c(C(=O)OC(C)C)cc3cc(Br)cn23)CC1. The largest absolute Gasteiger partial charge is 0.459 e. The Labute approximate surface area is 169 Å². The molecule has 1 fully saturated rings. The molecule has 1 unspecified atom stereocenters. The lowest BCUT2D eigenvalue weighted by atomic mass is 9.99. The van der Waals surface area contributed by atoms with E-state index < -0.39 is 0 Å². The maximum Gasteiger partial charge on any atom is 0.338 e. The monoisotopic (exact) mass is 436 g/mol. The Morgan fingerprint density at radius 3 is 2.48 bits per heavy atom. The summed E-state index contributed by atoms with van der Waals surface area (Å²) in [5.41, 5.74) is 3.77. The van der Waals surface area contributed by atoms with Crippen LogP contribution in [0.1, 0.15) is 61.3 Å². The number of esters is 1. The van der Waals surface area contributed by atoms with E-state index in [1.165, 1.54) is 0 Å². The van der Waals surface area contributed by atoms with Gasteiger partial charge in [0.1, 0.15) is 0 Å². The molecule has 1 saturated heterocycles. The van der Waals surface area contributed by atoms with Crippen LogP contribution in [0, 0.1) is 6.92 Å². The quantitative estimate of drug-likeness (QED) is 0.634. The van der Waals surface area contributed by atoms with Gasteiger partial charge < -0.3 is 13.9 Å². The predicted molar refractivity (Wildman–Crippen MR) is 110 cm³/mol. The molecule has 0 bridgehead atoms. The number of halogens is 1. The minimum absolute atomic E-state index is 0.138. The summed E-state index contributed by atoms with van der Waals surface area (Å²) in [4.78, 5) is 15.2. The molecule has 0 spiro atoms. The lowest BCUT2D eigenvalue weighted by molar-refractivity contribution is 0.0286. The van der Waals surface area contributed by atoms with Gasteiger partial charge >= 0.3 is 5.97 Å². The van der Waals surface area contributed by atoms with Gasteiger partial charge in [0.15, 0.2) is 0 Å². The summed E-state index contributed by atoms with van der Waals surface area (Å²) in [7, 11) is 1.79. The number of hydrogen-bond acceptors (Lipinski definition) is 4. The molecule has 0 N–H and O–H groups in total. The zero-order valence-corrected chi connectivity index (χ0v) is 18.4. The molecule has 0 saturated carbocycles. The topological polar surface area (TPSA) is 43.2 Å². The molecular formula is C21H29BrN2O3. The van der Waals surface area contributed by atoms with Gasteiger partial charge in [0.2, 0.25) is 0 Å². The Kier molecular flexibility index (Phi) is 6.28. The van der Waals surface area contributed by atoms with Crippen LogP contribution in [0.3, 0.4) is 0 Å². The van der Waals surface area contributed by atoms with Gasteiger partial charge in [-0.15, -0.1) is 0 Å². The van der Waals surface area contributed by atoms with E-state index in [0.29, 0.717) is 11.7 Å². The molecule has 1 aliphatic heterocycles. The van der Waals surface area contributed by atoms with Crippen LogP contribution in [0.4, 0.5) is 0 Å². The minimum Gasteiger partial charge on any atom is -0.459 e. The lowest BCUT2D eigenvalue weighted by Crippen LogP contribution is -2.39. The molecule has 0 aromatic carbocycles. The van der Waals surface area contributed by atoms with Gasteiger partial charge in [0.05, 0.1) is 17.8 Å². The number of carbonyl (C=O) groups excluding carboxylic acids is 1. The first-order valence-electron chi connectivity index (χ1n) is 9.60. The van der Waals surface area contributed by atoms with Crippen LogP contribution in [0.15, 0.2) is 22.8 Å². The molecule has 2 aromatic heterocycles. The maximum atomic E-state index is 12.7. The Bertz CT molecular complexity index is 822. The normalized spacial score (nSPS) is 17.6. The average Bonchev–Trinajstić information content (AvgIpc) is 2.99. The van der Waals surface area contributed by atoms with Crippen molar-refractivity contribution in [3.63, 3.8) is 0 Å². The summed E-state index contributed by atoms with van der Waals surface area (Å²) >= 11 is 3.58. The molecule has 3 rings (SSSR count). The van der Waals surface area contributed by atoms with Crippen molar-refractivity contribution in [1.82, 2.24) is 9.30 Å². The minimum atomic E-state index is -0.256. The van der Waals surface area contributed by atoms with Crippen LogP contribution in [-0.2, 0) is 9.47 Å². The third-order valence-electron chi connectivity index (χ3n) is 5.47. The number of hydrogen-bond donors (Lipinski definition) is 0. The maximum absolute atomic E-state index is 12.7. The smallest absolute Gasteiger partial charge is 0.338 e. The zero-order chi connectivity index (χ0) is 19.7. The van der Waals surface area contributed by atoms with E-state index in [2.05, 4.69) is 38.4 Å². The number of carbonyl (C=O) groups is 1. The van der Waals surface area contributed by atoms with E-state index in [4.69, 9.17) is 9.47 Å². The number of ether oxygens (including phenoxy) is 2. The summed E-state index contributed by atoms with van der Waals surface area (Å²) in [6, 6.07) is 4.16. The van der Waals surface area contributed by atoms with Gasteiger partial charge in [-0.3, -0.25) is 4.90 Å². The van der Waals surface area contributed by atoms with Crippen LogP contribution >= 0.6 is 15.9 Å². The molecule has 3 heterocycles. The van der Waals surface area contributed by atoms with Crippen molar-refractivity contribution < 1.29 is 14.3 Å². The van der Waals surface area contributed by atoms with E-state index in [-0.39, 0.29) is 18.1 Å². The fourth-order valence-electron chi connectivity index (χ4n) is 4.02. The molecule has 0 aliphatic carbocycles. The average molecular weight is 437 g/mol. The summed E-state index contributed by atoms with van der Waals surface area (Å²) in [5, 5.41) is 0. The Morgan fingerprint density at radius 1 is 1.22 bits per heavy atom. The first kappa shape index (κ1) is 20.4. The number of fused-ring (bicyclic) bond motifs is 1. The molecule has 2 aromatic rings. The number of likely N-dealkylation sites (tertiary alicyclic amines) is 1. The van der Waals surface area contributed by atoms with Gasteiger partial charge in [0, 0.05) is 48.1 Å². The summed E-state index contributed by atoms with van der Waals surface area (Å²) in [6.45, 7) is 9.98. The van der Waals surface area contributed by atoms with Crippen LogP contribution < -0.4 is 0 Å². The van der Waals surface area contributed by atoms with Crippen molar-refractivity contribution in [2.45, 2.75) is 58.8 Å². The molecule has 0 amide bonds. The molecule has 27 heavy (non-hydrogen) atoms. The van der Waals surface area contributed by atoms with Crippen LogP contribution in [0.25, 0.3) is 5.52 Å². The number of methoxy groups -OCH3 is 1. The molecule has 0 radical (unpaired) electrons. The number of rotatable bonds is 5. The summed E-state index contributed by atoms with van der Waals surface area (Å²) < 4.78 is 14.2. The van der Waals surface area contributed by atoms with Gasteiger partial charge in [0.25, 0.3) is 0 Å². The fraction of sp³-hybridized carbons (Fsp3) is 0.571. The van der Waals surface area contributed by atoms with Crippen molar-refractivity contribution in [3.8, 4) is 0 Å². The van der Waals surface area contributed by atoms with Crippen molar-refractivity contribution in [1.29, 1.82) is 0 Å². The highest BCUT2D eigenvalue weighted by Crippen LogP contribution is 2.32. The predicted octanol–water partition coefficient (Wildman–Crippen LogP) is 4.75. The van der Waals surface area contributed by atoms with Crippen molar-refractivity contribution in [3.05, 3.63) is 39.6 Å². The number of pyridine rings is 1. The first-order chi connectivity index (χ1) is 12.8. The molecule has 1 atom stereocenters. The molecule has 1 aliphatic rings. The first-order valence-corrected chi connectivity index (χ1v) is 10.4. The Balaban J connectivity index is 2.02. The fourth-order valence-corrected chi connectivity index (χ4v) is 4.46. The van der Waals surface area contributed by atoms with Gasteiger partial charge in [-0.25, -0.2) is 4.79 Å². The van der Waals surface area contributed by atoms with E-state index >= 15 is 0 Å². The third-order valence-corrected chi connectivity index (χ3v) is 5.91. The van der Waals surface area contributed by atoms with Crippen LogP contribution in [-0.4, -0.2) is 47.7 Å². The van der Waals surface area contributed by atoms with E-state index in [1.807, 2.05) is 32.9 Å². The van der Waals surface area contributed by atoms with Crippen LogP contribution in [0.5, 0.6) is 0 Å². The standard InChI is InChI=1S/C21H29BrN2O3/c1-13(2)27-21(25)19-11-17-10-16(22)12-24(17)20(14(19)3)15(4)23-8-6-18(26-5)7-9-23/h10-13,15,18H,6-9H2,1-5H3. The van der Waals surface area contributed by atoms with Gasteiger partial charge in [-0.05, 0) is 74.2 Å². The number of aromatic nitrogens is 1. The van der Waals surface area contributed by atoms with Crippen LogP contribution in [0.2, 0.25) is 0 Å². The van der Waals surface area contributed by atoms with Crippen molar-refractivity contribution in [2.75, 3.05) is 20.2 Å². The van der Waals surface area contributed by atoms with E-state index in [9.17, 15) is 4.79 Å². The second kappa shape index (κ2) is 8.33. The highest BCUT2D eigenvalue weighted by Gasteiger charge is 2.28. The summed E-state index contributed by atoms with van der Waals surface area (Å²) in [6.07, 6.45) is 4.36. The molecule has 148 valence electrons. The third kappa shape index (κ3) is 4.23. The molecule has 5 nitrogen and oxygen atoms in total. The van der Waals surface area contributed by atoms with Gasteiger partial charge in [-0.1, -0.05) is 0 Å². The van der Waals surface area contributed by atoms with Gasteiger partial charge in [-0.2, -0.15) is 0 Å². The van der Waals surface area contributed by atoms with Crippen molar-refractivity contribution in [2.24, 2.45) is 0 Å². The Hall–Kier alpha value is -1.37. The summed E-state index contributed by atoms with van der Waals surface area (Å²) in [5.74, 6) is -0.256. The second-order valence-electron chi connectivity index (χ2n) is 7.62. The van der Waals surface area contributed by atoms with E-state index in [1.54, 1.807) is 7.11 Å². The molecular weight excluding hydrogens is 408 g/mol. The highest BCUT2D eigenvalue weighted by atomic mass is 79.9. The number of piperidine rings is 1. The zero-order valence-electron chi connectivity index (χ0n) is 16.8. The Morgan fingerprint density at radius 2 is 1.89 bits per heavy atom. The van der Waals surface area contributed by atoms with Crippen molar-refractivity contribution >= 4 is 27.4 Å². The number of nitrogens with zero attached hydrogens (tertiary/aromatic N) is 2. The van der Waals surface area contributed by atoms with E-state index in [0.717, 1.165) is 47.2 Å². The highest BCUT2D eigenvalue weighted by molar-refractivity contribution is 9.10.